The van der Waals surface area contributed by atoms with E-state index in [0.717, 1.165) is 34.3 Å². The number of halogens is 1. The molecule has 0 fully saturated rings. The number of thioether (sulfide) groups is 1. The molecule has 0 aliphatic carbocycles. The monoisotopic (exact) mass is 489 g/mol. The summed E-state index contributed by atoms with van der Waals surface area (Å²) in [5.74, 6) is 0.0819. The van der Waals surface area contributed by atoms with E-state index in [1.165, 1.54) is 21.5 Å². The molecule has 1 aliphatic heterocycles. The van der Waals surface area contributed by atoms with Crippen molar-refractivity contribution in [3.05, 3.63) is 100 Å². The lowest BCUT2D eigenvalue weighted by Gasteiger charge is -2.21. The number of amides is 1. The Morgan fingerprint density at radius 2 is 1.86 bits per heavy atom. The fourth-order valence-electron chi connectivity index (χ4n) is 3.85. The normalized spacial score (nSPS) is 15.3. The predicted octanol–water partition coefficient (Wildman–Crippen LogP) is 3.71. The number of benzene rings is 2. The lowest BCUT2D eigenvalue weighted by Crippen LogP contribution is -2.29. The summed E-state index contributed by atoms with van der Waals surface area (Å²) in [7, 11) is 1.60. The minimum atomic E-state index is -0.462. The minimum Gasteiger partial charge on any atom is -0.497 e. The molecule has 1 amide bonds. The molecule has 2 aromatic carbocycles. The Balaban J connectivity index is 1.40. The number of hydrogen-bond acceptors (Lipinski definition) is 7. The number of nitrogens with zero attached hydrogens (tertiary/aromatic N) is 5. The number of ether oxygens (including phenoxy) is 1. The van der Waals surface area contributed by atoms with Gasteiger partial charge in [-0.15, -0.1) is 0 Å². The van der Waals surface area contributed by atoms with E-state index < -0.39 is 5.69 Å². The highest BCUT2D eigenvalue weighted by Crippen LogP contribution is 2.34. The average molecular weight is 490 g/mol. The summed E-state index contributed by atoms with van der Waals surface area (Å²) in [6, 6.07) is 18.3. The number of hydrazone groups is 1. The van der Waals surface area contributed by atoms with Crippen LogP contribution in [0.5, 0.6) is 5.75 Å². The third-order valence-corrected chi connectivity index (χ3v) is 6.45. The van der Waals surface area contributed by atoms with Crippen molar-refractivity contribution >= 4 is 29.0 Å². The van der Waals surface area contributed by atoms with Crippen molar-refractivity contribution in [2.75, 3.05) is 12.9 Å². The summed E-state index contributed by atoms with van der Waals surface area (Å²) < 4.78 is 20.1. The van der Waals surface area contributed by atoms with E-state index in [1.54, 1.807) is 43.6 Å². The van der Waals surface area contributed by atoms with Crippen LogP contribution in [0.15, 0.2) is 88.0 Å². The number of fused-ring (bicyclic) bond motifs is 1. The summed E-state index contributed by atoms with van der Waals surface area (Å²) in [6.07, 6.45) is 2.06. The van der Waals surface area contributed by atoms with Gasteiger partial charge in [-0.3, -0.25) is 9.20 Å². The van der Waals surface area contributed by atoms with Gasteiger partial charge in [0, 0.05) is 12.6 Å². The maximum atomic E-state index is 13.5. The Hall–Kier alpha value is -4.05. The average Bonchev–Trinajstić information content (AvgIpc) is 3.33. The number of carbonyl (C=O) groups is 1. The molecule has 176 valence electrons. The van der Waals surface area contributed by atoms with E-state index >= 15 is 0 Å². The Morgan fingerprint density at radius 1 is 1.09 bits per heavy atom. The zero-order valence-electron chi connectivity index (χ0n) is 18.7. The molecule has 3 heterocycles. The second-order valence-electron chi connectivity index (χ2n) is 7.79. The van der Waals surface area contributed by atoms with Gasteiger partial charge in [-0.25, -0.2) is 19.2 Å². The first-order valence-electron chi connectivity index (χ1n) is 10.8. The maximum absolute atomic E-state index is 13.5. The van der Waals surface area contributed by atoms with Crippen molar-refractivity contribution in [2.45, 2.75) is 17.6 Å². The summed E-state index contributed by atoms with van der Waals surface area (Å²) in [4.78, 5) is 33.8. The van der Waals surface area contributed by atoms with Crippen molar-refractivity contribution in [3.63, 3.8) is 0 Å². The first-order chi connectivity index (χ1) is 17.0. The molecule has 0 bridgehead atoms. The molecule has 5 rings (SSSR count). The number of pyridine rings is 1. The van der Waals surface area contributed by atoms with E-state index in [-0.39, 0.29) is 28.7 Å². The van der Waals surface area contributed by atoms with Gasteiger partial charge in [-0.2, -0.15) is 10.1 Å². The van der Waals surface area contributed by atoms with Crippen LogP contribution in [-0.4, -0.2) is 43.9 Å². The lowest BCUT2D eigenvalue weighted by atomic mass is 9.98. The standard InChI is InChI=1S/C25H20FN5O3S/c1-34-19-11-7-16(8-12-19)20-14-21(17-5-9-18(26)10-6-17)31(29-20)23(32)15-35-24-27-22-4-2-3-13-30(22)25(33)28-24/h2-13,21H,14-15H2,1H3/t21-/m1/s1. The van der Waals surface area contributed by atoms with Crippen LogP contribution in [0.3, 0.4) is 0 Å². The lowest BCUT2D eigenvalue weighted by molar-refractivity contribution is -0.130. The van der Waals surface area contributed by atoms with Crippen LogP contribution >= 0.6 is 11.8 Å². The first-order valence-corrected chi connectivity index (χ1v) is 11.8. The molecule has 8 nitrogen and oxygen atoms in total. The van der Waals surface area contributed by atoms with E-state index in [0.29, 0.717) is 12.1 Å². The molecule has 4 aromatic rings. The van der Waals surface area contributed by atoms with Gasteiger partial charge in [0.25, 0.3) is 5.91 Å². The van der Waals surface area contributed by atoms with Crippen LogP contribution < -0.4 is 10.4 Å². The second kappa shape index (κ2) is 9.67. The number of rotatable bonds is 6. The van der Waals surface area contributed by atoms with Crippen molar-refractivity contribution in [1.29, 1.82) is 0 Å². The van der Waals surface area contributed by atoms with Crippen LogP contribution in [0.2, 0.25) is 0 Å². The van der Waals surface area contributed by atoms with Crippen molar-refractivity contribution < 1.29 is 13.9 Å². The molecule has 2 aromatic heterocycles. The topological polar surface area (TPSA) is 89.2 Å². The van der Waals surface area contributed by atoms with Gasteiger partial charge < -0.3 is 4.74 Å². The molecular weight excluding hydrogens is 469 g/mol. The fourth-order valence-corrected chi connectivity index (χ4v) is 4.53. The van der Waals surface area contributed by atoms with E-state index in [4.69, 9.17) is 4.74 Å². The van der Waals surface area contributed by atoms with Gasteiger partial charge >= 0.3 is 5.69 Å². The smallest absolute Gasteiger partial charge is 0.355 e. The third kappa shape index (κ3) is 4.78. The van der Waals surface area contributed by atoms with Gasteiger partial charge in [0.1, 0.15) is 17.2 Å². The fraction of sp³-hybridized carbons (Fsp3) is 0.160. The van der Waals surface area contributed by atoms with Crippen LogP contribution in [0.1, 0.15) is 23.6 Å². The second-order valence-corrected chi connectivity index (χ2v) is 8.73. The molecular formula is C25H20FN5O3S. The van der Waals surface area contributed by atoms with Crippen LogP contribution in [0.4, 0.5) is 4.39 Å². The van der Waals surface area contributed by atoms with Crippen molar-refractivity contribution in [1.82, 2.24) is 19.4 Å². The Labute approximate surface area is 204 Å². The number of methoxy groups -OCH3 is 1. The SMILES string of the molecule is COc1ccc(C2=NN(C(=O)CSc3nc(=O)n4ccccc4n3)[C@@H](c3ccc(F)cc3)C2)cc1. The molecule has 0 N–H and O–H groups in total. The Morgan fingerprint density at radius 3 is 2.60 bits per heavy atom. The first kappa shape index (κ1) is 22.7. The zero-order chi connectivity index (χ0) is 24.4. The molecule has 1 atom stereocenters. The van der Waals surface area contributed by atoms with Crippen LogP contribution in [0.25, 0.3) is 5.65 Å². The summed E-state index contributed by atoms with van der Waals surface area (Å²) in [5.41, 5.74) is 2.37. The zero-order valence-corrected chi connectivity index (χ0v) is 19.5. The van der Waals surface area contributed by atoms with Gasteiger partial charge in [-0.1, -0.05) is 30.0 Å². The molecule has 0 radical (unpaired) electrons. The van der Waals surface area contributed by atoms with Crippen LogP contribution in [0, 0.1) is 5.82 Å². The van der Waals surface area contributed by atoms with E-state index in [9.17, 15) is 14.0 Å². The summed E-state index contributed by atoms with van der Waals surface area (Å²) >= 11 is 1.07. The van der Waals surface area contributed by atoms with Gasteiger partial charge in [0.2, 0.25) is 0 Å². The summed E-state index contributed by atoms with van der Waals surface area (Å²) in [6.45, 7) is 0. The van der Waals surface area contributed by atoms with Crippen molar-refractivity contribution in [3.8, 4) is 5.75 Å². The van der Waals surface area contributed by atoms with Gasteiger partial charge in [0.15, 0.2) is 5.16 Å². The number of aromatic nitrogens is 3. The minimum absolute atomic E-state index is 0.0144. The summed E-state index contributed by atoms with van der Waals surface area (Å²) in [5, 5.41) is 6.26. The van der Waals surface area contributed by atoms with Gasteiger partial charge in [-0.05, 0) is 59.7 Å². The van der Waals surface area contributed by atoms with E-state index in [1.807, 2.05) is 24.3 Å². The van der Waals surface area contributed by atoms with Crippen molar-refractivity contribution in [2.24, 2.45) is 5.10 Å². The molecule has 0 spiro atoms. The molecule has 1 aliphatic rings. The maximum Gasteiger partial charge on any atom is 0.355 e. The van der Waals surface area contributed by atoms with Gasteiger partial charge in [0.05, 0.1) is 24.6 Å². The highest BCUT2D eigenvalue weighted by Gasteiger charge is 2.33. The highest BCUT2D eigenvalue weighted by atomic mass is 32.2. The molecule has 0 saturated heterocycles. The third-order valence-electron chi connectivity index (χ3n) is 5.61. The Bertz CT molecular complexity index is 1470. The molecule has 0 unspecified atom stereocenters. The molecule has 0 saturated carbocycles. The van der Waals surface area contributed by atoms with E-state index in [2.05, 4.69) is 15.1 Å². The molecule has 10 heteroatoms. The number of carbonyl (C=O) groups excluding carboxylic acids is 1. The van der Waals surface area contributed by atoms with Crippen LogP contribution in [-0.2, 0) is 4.79 Å². The number of hydrogen-bond donors (Lipinski definition) is 0. The Kier molecular flexibility index (Phi) is 6.28. The molecule has 35 heavy (non-hydrogen) atoms. The highest BCUT2D eigenvalue weighted by molar-refractivity contribution is 7.99. The predicted molar refractivity (Wildman–Crippen MR) is 130 cm³/mol. The quantitative estimate of drug-likeness (QED) is 0.384. The largest absolute Gasteiger partial charge is 0.497 e.